The van der Waals surface area contributed by atoms with E-state index in [4.69, 9.17) is 5.11 Å². The number of aliphatic carboxylic acids is 1. The molecule has 0 saturated heterocycles. The van der Waals surface area contributed by atoms with E-state index >= 15 is 0 Å². The lowest BCUT2D eigenvalue weighted by Gasteiger charge is -2.15. The van der Waals surface area contributed by atoms with Crippen LogP contribution < -0.4 is 10.6 Å². The number of hydrogen-bond donors (Lipinski definition) is 1. The van der Waals surface area contributed by atoms with Crippen molar-refractivity contribution < 1.29 is 9.90 Å². The molecule has 17 heavy (non-hydrogen) atoms. The molecule has 1 unspecified atom stereocenters. The van der Waals surface area contributed by atoms with Gasteiger partial charge in [0.2, 0.25) is 0 Å². The van der Waals surface area contributed by atoms with E-state index in [1.807, 2.05) is 37.3 Å². The molecular weight excluding hydrogens is 214 g/mol. The molecule has 3 nitrogen and oxygen atoms in total. The van der Waals surface area contributed by atoms with Crippen molar-refractivity contribution in [2.45, 2.75) is 6.92 Å². The van der Waals surface area contributed by atoms with E-state index < -0.39 is 5.97 Å². The molecule has 0 saturated carbocycles. The van der Waals surface area contributed by atoms with Gasteiger partial charge in [-0.3, -0.25) is 0 Å². The second kappa shape index (κ2) is 3.42. The third-order valence-electron chi connectivity index (χ3n) is 3.16. The number of carboxylic acids is 1. The van der Waals surface area contributed by atoms with Gasteiger partial charge in [0.15, 0.2) is 0 Å². The Labute approximate surface area is 98.1 Å². The van der Waals surface area contributed by atoms with Crippen LogP contribution >= 0.6 is 0 Å². The fourth-order valence-corrected chi connectivity index (χ4v) is 2.28. The Hall–Kier alpha value is -2.16. The first-order valence-corrected chi connectivity index (χ1v) is 5.52. The van der Waals surface area contributed by atoms with Crippen LogP contribution in [-0.4, -0.2) is 11.1 Å². The summed E-state index contributed by atoms with van der Waals surface area (Å²) in [6.45, 7) is 1.88. The second-order valence-corrected chi connectivity index (χ2v) is 4.29. The van der Waals surface area contributed by atoms with E-state index in [9.17, 15) is 4.79 Å². The Bertz CT molecular complexity index is 695. The smallest absolute Gasteiger partial charge is 0.332 e. The topological polar surface area (TPSA) is 49.7 Å². The first-order valence-electron chi connectivity index (χ1n) is 5.52. The van der Waals surface area contributed by atoms with Crippen LogP contribution in [0.25, 0.3) is 5.57 Å². The monoisotopic (exact) mass is 225 g/mol. The lowest BCUT2D eigenvalue weighted by atomic mass is 9.90. The van der Waals surface area contributed by atoms with Gasteiger partial charge in [-0.15, -0.1) is 0 Å². The molecule has 0 bridgehead atoms. The van der Waals surface area contributed by atoms with E-state index in [1.165, 1.54) is 0 Å². The SMILES string of the molecule is CC1C=C2N=c3ccccc3=C2C=C1C(=O)O. The molecule has 3 rings (SSSR count). The summed E-state index contributed by atoms with van der Waals surface area (Å²) >= 11 is 0. The fraction of sp³-hybridized carbons (Fsp3) is 0.143. The van der Waals surface area contributed by atoms with Crippen molar-refractivity contribution in [1.82, 2.24) is 0 Å². The van der Waals surface area contributed by atoms with Crippen LogP contribution in [0.1, 0.15) is 6.92 Å². The minimum absolute atomic E-state index is 0.0932. The minimum Gasteiger partial charge on any atom is -0.478 e. The Morgan fingerprint density at radius 3 is 2.88 bits per heavy atom. The van der Waals surface area contributed by atoms with Crippen LogP contribution in [0.15, 0.2) is 52.7 Å². The number of nitrogens with zero attached hydrogens (tertiary/aromatic N) is 1. The van der Waals surface area contributed by atoms with Gasteiger partial charge in [0.05, 0.1) is 11.1 Å². The summed E-state index contributed by atoms with van der Waals surface area (Å²) in [5, 5.41) is 11.1. The van der Waals surface area contributed by atoms with Crippen LogP contribution in [-0.2, 0) is 4.79 Å². The number of rotatable bonds is 1. The fourth-order valence-electron chi connectivity index (χ4n) is 2.28. The molecule has 0 fully saturated rings. The zero-order valence-corrected chi connectivity index (χ0v) is 9.34. The van der Waals surface area contributed by atoms with Gasteiger partial charge >= 0.3 is 5.97 Å². The van der Waals surface area contributed by atoms with Crippen LogP contribution in [0.3, 0.4) is 0 Å². The minimum atomic E-state index is -0.857. The predicted molar refractivity (Wildman–Crippen MR) is 63.6 cm³/mol. The molecule has 0 radical (unpaired) electrons. The lowest BCUT2D eigenvalue weighted by molar-refractivity contribution is -0.133. The highest BCUT2D eigenvalue weighted by molar-refractivity contribution is 5.93. The van der Waals surface area contributed by atoms with Gasteiger partial charge in [-0.05, 0) is 12.1 Å². The van der Waals surface area contributed by atoms with Crippen LogP contribution in [0.4, 0.5) is 0 Å². The van der Waals surface area contributed by atoms with E-state index in [0.717, 1.165) is 21.8 Å². The maximum Gasteiger partial charge on any atom is 0.332 e. The third-order valence-corrected chi connectivity index (χ3v) is 3.16. The molecule has 0 aromatic heterocycles. The summed E-state index contributed by atoms with van der Waals surface area (Å²) in [7, 11) is 0. The number of benzene rings is 1. The van der Waals surface area contributed by atoms with Crippen LogP contribution in [0.5, 0.6) is 0 Å². The molecular formula is C14H11NO2. The van der Waals surface area contributed by atoms with Gasteiger partial charge < -0.3 is 5.11 Å². The molecule has 84 valence electrons. The highest BCUT2D eigenvalue weighted by Crippen LogP contribution is 2.29. The predicted octanol–water partition coefficient (Wildman–Crippen LogP) is 1.02. The standard InChI is InChI=1S/C14H11NO2/c1-8-6-13-11(7-10(8)14(16)17)9-4-2-3-5-12(9)15-13/h2-8H,1H3,(H,16,17). The lowest BCUT2D eigenvalue weighted by Crippen LogP contribution is -2.22. The van der Waals surface area contributed by atoms with Gasteiger partial charge in [-0.25, -0.2) is 9.79 Å². The quantitative estimate of drug-likeness (QED) is 0.775. The maximum atomic E-state index is 11.1. The number of carbonyl (C=O) groups is 1. The number of fused-ring (bicyclic) bond motifs is 2. The highest BCUT2D eigenvalue weighted by Gasteiger charge is 2.23. The zero-order chi connectivity index (χ0) is 12.0. The largest absolute Gasteiger partial charge is 0.478 e. The number of para-hydroxylation sites is 1. The van der Waals surface area contributed by atoms with Crippen molar-refractivity contribution in [1.29, 1.82) is 0 Å². The molecule has 1 aliphatic heterocycles. The highest BCUT2D eigenvalue weighted by atomic mass is 16.4. The molecule has 1 aromatic carbocycles. The summed E-state index contributed by atoms with van der Waals surface area (Å²) in [4.78, 5) is 15.6. The Balaban J connectivity index is 2.32. The van der Waals surface area contributed by atoms with Crippen molar-refractivity contribution in [3.63, 3.8) is 0 Å². The molecule has 0 amide bonds. The summed E-state index contributed by atoms with van der Waals surface area (Å²) in [5.41, 5.74) is 2.25. The van der Waals surface area contributed by atoms with Gasteiger partial charge in [0.25, 0.3) is 0 Å². The molecule has 1 aliphatic carbocycles. The number of hydrogen-bond acceptors (Lipinski definition) is 2. The normalized spacial score (nSPS) is 21.0. The molecule has 1 heterocycles. The molecule has 3 heteroatoms. The van der Waals surface area contributed by atoms with Crippen molar-refractivity contribution in [3.8, 4) is 0 Å². The van der Waals surface area contributed by atoms with Gasteiger partial charge in [-0.1, -0.05) is 31.2 Å². The van der Waals surface area contributed by atoms with Crippen molar-refractivity contribution in [2.24, 2.45) is 10.9 Å². The van der Waals surface area contributed by atoms with Crippen molar-refractivity contribution in [3.05, 3.63) is 58.3 Å². The number of allylic oxidation sites excluding steroid dienone is 2. The molecule has 1 atom stereocenters. The van der Waals surface area contributed by atoms with Crippen molar-refractivity contribution in [2.75, 3.05) is 0 Å². The third kappa shape index (κ3) is 1.43. The molecule has 1 N–H and O–H groups in total. The Morgan fingerprint density at radius 2 is 2.12 bits per heavy atom. The van der Waals surface area contributed by atoms with E-state index in [0.29, 0.717) is 5.57 Å². The summed E-state index contributed by atoms with van der Waals surface area (Å²) in [5.74, 6) is -0.950. The average molecular weight is 225 g/mol. The Morgan fingerprint density at radius 1 is 1.35 bits per heavy atom. The summed E-state index contributed by atoms with van der Waals surface area (Å²) < 4.78 is 0. The van der Waals surface area contributed by atoms with E-state index in [-0.39, 0.29) is 5.92 Å². The summed E-state index contributed by atoms with van der Waals surface area (Å²) in [6, 6.07) is 7.80. The van der Waals surface area contributed by atoms with Crippen LogP contribution in [0, 0.1) is 5.92 Å². The van der Waals surface area contributed by atoms with Crippen LogP contribution in [0.2, 0.25) is 0 Å². The maximum absolute atomic E-state index is 11.1. The van der Waals surface area contributed by atoms with Crippen molar-refractivity contribution >= 4 is 11.5 Å². The second-order valence-electron chi connectivity index (χ2n) is 4.29. The average Bonchev–Trinajstić information content (AvgIpc) is 2.64. The van der Waals surface area contributed by atoms with E-state index in [1.54, 1.807) is 6.08 Å². The molecule has 0 spiro atoms. The number of carboxylic acid groups (broad SMARTS) is 1. The van der Waals surface area contributed by atoms with E-state index in [2.05, 4.69) is 4.99 Å². The summed E-state index contributed by atoms with van der Waals surface area (Å²) in [6.07, 6.45) is 3.66. The molecule has 1 aromatic rings. The first-order chi connectivity index (χ1) is 8.16. The van der Waals surface area contributed by atoms with Gasteiger partial charge in [0, 0.05) is 22.3 Å². The first kappa shape index (κ1) is 10.0. The molecule has 2 aliphatic rings. The van der Waals surface area contributed by atoms with Gasteiger partial charge in [0.1, 0.15) is 0 Å². The zero-order valence-electron chi connectivity index (χ0n) is 9.34. The van der Waals surface area contributed by atoms with Gasteiger partial charge in [-0.2, -0.15) is 0 Å². The Kier molecular flexibility index (Phi) is 2.01.